The second kappa shape index (κ2) is 12.7. The number of nitrogens with one attached hydrogen (secondary N) is 2. The van der Waals surface area contributed by atoms with E-state index in [1.54, 1.807) is 13.8 Å². The first-order chi connectivity index (χ1) is 10.5. The summed E-state index contributed by atoms with van der Waals surface area (Å²) in [6, 6.07) is 0. The van der Waals surface area contributed by atoms with Crippen LogP contribution in [0, 0.1) is 0 Å². The predicted molar refractivity (Wildman–Crippen MR) is 82.3 cm³/mol. The van der Waals surface area contributed by atoms with Crippen molar-refractivity contribution >= 4 is 18.5 Å². The lowest BCUT2D eigenvalue weighted by Crippen LogP contribution is -2.31. The molecule has 126 valence electrons. The van der Waals surface area contributed by atoms with Crippen LogP contribution in [0.5, 0.6) is 0 Å². The lowest BCUT2D eigenvalue weighted by Gasteiger charge is -2.14. The molecule has 1 atom stereocenters. The zero-order chi connectivity index (χ0) is 16.8. The monoisotopic (exact) mass is 314 g/mol. The summed E-state index contributed by atoms with van der Waals surface area (Å²) in [6.07, 6.45) is 3.37. The number of alkyl carbamates (subject to hydrolysis) is 1. The SMILES string of the molecule is C=C(C)C(=O)OCC(C)OC(=O)NCCCCCCNC=O. The van der Waals surface area contributed by atoms with Gasteiger partial charge in [0.25, 0.3) is 0 Å². The second-order valence-corrected chi connectivity index (χ2v) is 5.01. The van der Waals surface area contributed by atoms with Crippen LogP contribution in [0.15, 0.2) is 12.2 Å². The van der Waals surface area contributed by atoms with Gasteiger partial charge in [0.1, 0.15) is 12.7 Å². The Morgan fingerprint density at radius 2 is 1.82 bits per heavy atom. The van der Waals surface area contributed by atoms with Crippen LogP contribution in [0.1, 0.15) is 39.5 Å². The summed E-state index contributed by atoms with van der Waals surface area (Å²) in [6.45, 7) is 7.86. The number of hydrogen-bond donors (Lipinski definition) is 2. The summed E-state index contributed by atoms with van der Waals surface area (Å²) in [4.78, 5) is 32.7. The molecule has 0 spiro atoms. The summed E-state index contributed by atoms with van der Waals surface area (Å²) in [7, 11) is 0. The molecular weight excluding hydrogens is 288 g/mol. The van der Waals surface area contributed by atoms with E-state index in [0.29, 0.717) is 25.1 Å². The van der Waals surface area contributed by atoms with Crippen LogP contribution in [0.25, 0.3) is 0 Å². The van der Waals surface area contributed by atoms with Gasteiger partial charge < -0.3 is 20.1 Å². The molecule has 2 N–H and O–H groups in total. The van der Waals surface area contributed by atoms with E-state index >= 15 is 0 Å². The second-order valence-electron chi connectivity index (χ2n) is 5.01. The maximum absolute atomic E-state index is 11.5. The van der Waals surface area contributed by atoms with Crippen molar-refractivity contribution in [1.29, 1.82) is 0 Å². The minimum absolute atomic E-state index is 0.00282. The van der Waals surface area contributed by atoms with Gasteiger partial charge in [0.05, 0.1) is 0 Å². The molecule has 0 bridgehead atoms. The number of carbonyl (C=O) groups is 3. The molecule has 0 aliphatic rings. The first kappa shape index (κ1) is 19.9. The van der Waals surface area contributed by atoms with Crippen molar-refractivity contribution in [2.45, 2.75) is 45.6 Å². The van der Waals surface area contributed by atoms with E-state index in [2.05, 4.69) is 17.2 Å². The van der Waals surface area contributed by atoms with E-state index in [4.69, 9.17) is 9.47 Å². The van der Waals surface area contributed by atoms with Crippen molar-refractivity contribution in [3.05, 3.63) is 12.2 Å². The molecule has 22 heavy (non-hydrogen) atoms. The van der Waals surface area contributed by atoms with Gasteiger partial charge >= 0.3 is 12.1 Å². The smallest absolute Gasteiger partial charge is 0.407 e. The average Bonchev–Trinajstić information content (AvgIpc) is 2.47. The summed E-state index contributed by atoms with van der Waals surface area (Å²) in [5.41, 5.74) is 0.306. The molecule has 0 rings (SSSR count). The zero-order valence-electron chi connectivity index (χ0n) is 13.4. The largest absolute Gasteiger partial charge is 0.458 e. The molecule has 0 aliphatic heterocycles. The number of unbranched alkanes of at least 4 members (excludes halogenated alkanes) is 3. The highest BCUT2D eigenvalue weighted by atomic mass is 16.6. The van der Waals surface area contributed by atoms with E-state index < -0.39 is 18.2 Å². The summed E-state index contributed by atoms with van der Waals surface area (Å²) < 4.78 is 9.92. The summed E-state index contributed by atoms with van der Waals surface area (Å²) >= 11 is 0. The number of rotatable bonds is 12. The van der Waals surface area contributed by atoms with E-state index in [1.807, 2.05) is 0 Å². The van der Waals surface area contributed by atoms with Crippen LogP contribution >= 0.6 is 0 Å². The fourth-order valence-electron chi connectivity index (χ4n) is 1.53. The van der Waals surface area contributed by atoms with Gasteiger partial charge in [-0.3, -0.25) is 4.79 Å². The third-order valence-electron chi connectivity index (χ3n) is 2.71. The molecule has 0 saturated heterocycles. The number of esters is 1. The van der Waals surface area contributed by atoms with Gasteiger partial charge in [-0.2, -0.15) is 0 Å². The van der Waals surface area contributed by atoms with Crippen LogP contribution in [0.3, 0.4) is 0 Å². The van der Waals surface area contributed by atoms with Crippen molar-refractivity contribution in [3.63, 3.8) is 0 Å². The highest BCUT2D eigenvalue weighted by molar-refractivity contribution is 5.86. The molecule has 0 saturated carbocycles. The molecule has 0 heterocycles. The van der Waals surface area contributed by atoms with Crippen LogP contribution in [-0.4, -0.2) is 44.3 Å². The van der Waals surface area contributed by atoms with Crippen molar-refractivity contribution < 1.29 is 23.9 Å². The molecule has 0 aliphatic carbocycles. The van der Waals surface area contributed by atoms with Gasteiger partial charge in [0.2, 0.25) is 6.41 Å². The van der Waals surface area contributed by atoms with Crippen molar-refractivity contribution in [3.8, 4) is 0 Å². The van der Waals surface area contributed by atoms with Crippen LogP contribution in [0.4, 0.5) is 4.79 Å². The standard InChI is InChI=1S/C15H26N2O5/c1-12(2)14(19)21-10-13(3)22-15(20)17-9-7-5-4-6-8-16-11-18/h11,13H,1,4-10H2,2-3H3,(H,16,18)(H,17,20). The normalized spacial score (nSPS) is 11.2. The van der Waals surface area contributed by atoms with Gasteiger partial charge in [-0.05, 0) is 26.7 Å². The molecule has 7 heteroatoms. The quantitative estimate of drug-likeness (QED) is 0.246. The average molecular weight is 314 g/mol. The van der Waals surface area contributed by atoms with Crippen LogP contribution in [0.2, 0.25) is 0 Å². The molecule has 0 aromatic rings. The van der Waals surface area contributed by atoms with Crippen molar-refractivity contribution in [2.24, 2.45) is 0 Å². The number of carbonyl (C=O) groups excluding carboxylic acids is 3. The van der Waals surface area contributed by atoms with E-state index in [9.17, 15) is 14.4 Å². The van der Waals surface area contributed by atoms with Crippen molar-refractivity contribution in [1.82, 2.24) is 10.6 Å². The molecule has 2 amide bonds. The third kappa shape index (κ3) is 11.7. The molecule has 0 fully saturated rings. The van der Waals surface area contributed by atoms with Gasteiger partial charge in [-0.1, -0.05) is 19.4 Å². The van der Waals surface area contributed by atoms with Crippen LogP contribution < -0.4 is 10.6 Å². The maximum atomic E-state index is 11.5. The third-order valence-corrected chi connectivity index (χ3v) is 2.71. The minimum atomic E-state index is -0.526. The Morgan fingerprint density at radius 3 is 2.41 bits per heavy atom. The van der Waals surface area contributed by atoms with Gasteiger partial charge in [0.15, 0.2) is 0 Å². The summed E-state index contributed by atoms with van der Waals surface area (Å²) in [5.74, 6) is -0.500. The Kier molecular flexibility index (Phi) is 11.5. The highest BCUT2D eigenvalue weighted by Crippen LogP contribution is 1.99. The topological polar surface area (TPSA) is 93.7 Å². The molecule has 0 radical (unpaired) electrons. The Hall–Kier alpha value is -2.05. The molecular formula is C15H26N2O5. The highest BCUT2D eigenvalue weighted by Gasteiger charge is 2.11. The van der Waals surface area contributed by atoms with Gasteiger partial charge in [-0.15, -0.1) is 0 Å². The fraction of sp³-hybridized carbons (Fsp3) is 0.667. The Labute approximate surface area is 131 Å². The van der Waals surface area contributed by atoms with E-state index in [0.717, 1.165) is 25.7 Å². The number of hydrogen-bond acceptors (Lipinski definition) is 5. The molecule has 0 aromatic heterocycles. The number of amides is 2. The fourth-order valence-corrected chi connectivity index (χ4v) is 1.53. The molecule has 7 nitrogen and oxygen atoms in total. The Morgan fingerprint density at radius 1 is 1.18 bits per heavy atom. The Bertz CT molecular complexity index is 371. The first-order valence-corrected chi connectivity index (χ1v) is 7.41. The van der Waals surface area contributed by atoms with E-state index in [-0.39, 0.29) is 6.61 Å². The zero-order valence-corrected chi connectivity index (χ0v) is 13.4. The number of ether oxygens (including phenoxy) is 2. The lowest BCUT2D eigenvalue weighted by atomic mass is 10.2. The molecule has 1 unspecified atom stereocenters. The maximum Gasteiger partial charge on any atom is 0.407 e. The lowest BCUT2D eigenvalue weighted by molar-refractivity contribution is -0.141. The van der Waals surface area contributed by atoms with E-state index in [1.165, 1.54) is 0 Å². The Balaban J connectivity index is 3.54. The van der Waals surface area contributed by atoms with Crippen molar-refractivity contribution in [2.75, 3.05) is 19.7 Å². The van der Waals surface area contributed by atoms with Gasteiger partial charge in [-0.25, -0.2) is 9.59 Å². The first-order valence-electron chi connectivity index (χ1n) is 7.41. The minimum Gasteiger partial charge on any atom is -0.458 e. The summed E-state index contributed by atoms with van der Waals surface area (Å²) in [5, 5.41) is 5.23. The molecule has 0 aromatic carbocycles. The van der Waals surface area contributed by atoms with Crippen LogP contribution in [-0.2, 0) is 19.1 Å². The van der Waals surface area contributed by atoms with Gasteiger partial charge in [0, 0.05) is 18.7 Å². The predicted octanol–water partition coefficient (Wildman–Crippen LogP) is 1.53.